The van der Waals surface area contributed by atoms with Crippen molar-refractivity contribution in [2.75, 3.05) is 0 Å². The van der Waals surface area contributed by atoms with Gasteiger partial charge in [-0.05, 0) is 24.8 Å². The molecule has 2 heterocycles. The summed E-state index contributed by atoms with van der Waals surface area (Å²) in [4.78, 5) is 14.3. The predicted molar refractivity (Wildman–Crippen MR) is 71.6 cm³/mol. The molecule has 1 saturated carbocycles. The number of H-pyrrole nitrogens is 1. The summed E-state index contributed by atoms with van der Waals surface area (Å²) >= 11 is 0. The highest BCUT2D eigenvalue weighted by atomic mass is 16.1. The number of aromatic nitrogens is 3. The second-order valence-corrected chi connectivity index (χ2v) is 5.17. The van der Waals surface area contributed by atoms with Gasteiger partial charge in [0.1, 0.15) is 6.04 Å². The fraction of sp³-hybridized carbons (Fsp3) is 0.500. The third-order valence-electron chi connectivity index (χ3n) is 4.03. The van der Waals surface area contributed by atoms with Crippen LogP contribution in [0.1, 0.15) is 38.1 Å². The molecule has 2 aromatic rings. The number of hydrogen-bond donors (Lipinski definition) is 1. The molecule has 0 aromatic carbocycles. The lowest BCUT2D eigenvalue weighted by atomic mass is 9.84. The van der Waals surface area contributed by atoms with Gasteiger partial charge in [-0.3, -0.25) is 4.79 Å². The van der Waals surface area contributed by atoms with Crippen molar-refractivity contribution in [3.63, 3.8) is 0 Å². The molecule has 98 valence electrons. The number of nitriles is 1. The Morgan fingerprint density at radius 1 is 1.42 bits per heavy atom. The van der Waals surface area contributed by atoms with Crippen LogP contribution in [0.4, 0.5) is 0 Å². The van der Waals surface area contributed by atoms with E-state index in [0.717, 1.165) is 18.4 Å². The topological polar surface area (TPSA) is 74.5 Å². The Kier molecular flexibility index (Phi) is 3.08. The molecule has 0 saturated heterocycles. The molecule has 5 heteroatoms. The first kappa shape index (κ1) is 12.0. The average Bonchev–Trinajstić information content (AvgIpc) is 2.87. The molecule has 1 aliphatic rings. The molecule has 1 aliphatic carbocycles. The second kappa shape index (κ2) is 4.88. The maximum atomic E-state index is 11.7. The first-order valence-corrected chi connectivity index (χ1v) is 6.76. The standard InChI is InChI=1S/C14H16N4O/c15-8-13(10-4-2-1-3-5-10)18-12-6-7-16-14(19)11(12)9-17-18/h6-7,9-10,13H,1-5H2,(H,16,19). The Morgan fingerprint density at radius 3 is 2.95 bits per heavy atom. The number of hydrogen-bond acceptors (Lipinski definition) is 3. The minimum absolute atomic E-state index is 0.149. The van der Waals surface area contributed by atoms with E-state index >= 15 is 0 Å². The van der Waals surface area contributed by atoms with E-state index in [9.17, 15) is 10.1 Å². The van der Waals surface area contributed by atoms with E-state index in [4.69, 9.17) is 0 Å². The van der Waals surface area contributed by atoms with Crippen LogP contribution in [-0.2, 0) is 0 Å². The lowest BCUT2D eigenvalue weighted by Crippen LogP contribution is -2.21. The monoisotopic (exact) mass is 256 g/mol. The molecule has 5 nitrogen and oxygen atoms in total. The van der Waals surface area contributed by atoms with Crippen molar-refractivity contribution in [1.82, 2.24) is 14.8 Å². The Balaban J connectivity index is 2.04. The summed E-state index contributed by atoms with van der Waals surface area (Å²) in [6.45, 7) is 0. The highest BCUT2D eigenvalue weighted by molar-refractivity contribution is 5.77. The molecule has 3 rings (SSSR count). The van der Waals surface area contributed by atoms with Crippen molar-refractivity contribution in [2.45, 2.75) is 38.1 Å². The molecule has 0 aliphatic heterocycles. The Morgan fingerprint density at radius 2 is 2.21 bits per heavy atom. The normalized spacial score (nSPS) is 18.3. The molecule has 1 atom stereocenters. The molecule has 1 N–H and O–H groups in total. The molecule has 2 aromatic heterocycles. The van der Waals surface area contributed by atoms with Gasteiger partial charge in [0, 0.05) is 6.20 Å². The molecule has 0 spiro atoms. The number of aromatic amines is 1. The largest absolute Gasteiger partial charge is 0.328 e. The lowest BCUT2D eigenvalue weighted by molar-refractivity contribution is 0.282. The summed E-state index contributed by atoms with van der Waals surface area (Å²) in [6, 6.07) is 3.93. The van der Waals surface area contributed by atoms with E-state index in [1.54, 1.807) is 17.1 Å². The summed E-state index contributed by atoms with van der Waals surface area (Å²) in [5.41, 5.74) is 0.602. The van der Waals surface area contributed by atoms with Crippen LogP contribution in [0.3, 0.4) is 0 Å². The fourth-order valence-electron chi connectivity index (χ4n) is 3.02. The van der Waals surface area contributed by atoms with Crippen LogP contribution in [0, 0.1) is 17.2 Å². The van der Waals surface area contributed by atoms with Crippen LogP contribution in [0.5, 0.6) is 0 Å². The number of rotatable bonds is 2. The SMILES string of the molecule is N#CC(C1CCCCC1)n1ncc2c(=O)[nH]ccc21. The first-order chi connectivity index (χ1) is 9.31. The second-order valence-electron chi connectivity index (χ2n) is 5.17. The average molecular weight is 256 g/mol. The predicted octanol–water partition coefficient (Wildman–Crippen LogP) is 2.37. The summed E-state index contributed by atoms with van der Waals surface area (Å²) in [7, 11) is 0. The van der Waals surface area contributed by atoms with Crippen LogP contribution >= 0.6 is 0 Å². The summed E-state index contributed by atoms with van der Waals surface area (Å²) in [5.74, 6) is 0.348. The number of pyridine rings is 1. The minimum Gasteiger partial charge on any atom is -0.328 e. The van der Waals surface area contributed by atoms with Gasteiger partial charge in [-0.2, -0.15) is 10.4 Å². The van der Waals surface area contributed by atoms with E-state index < -0.39 is 0 Å². The van der Waals surface area contributed by atoms with Crippen molar-refractivity contribution in [3.05, 3.63) is 28.8 Å². The van der Waals surface area contributed by atoms with E-state index in [-0.39, 0.29) is 11.6 Å². The smallest absolute Gasteiger partial charge is 0.259 e. The maximum Gasteiger partial charge on any atom is 0.259 e. The highest BCUT2D eigenvalue weighted by Gasteiger charge is 2.26. The summed E-state index contributed by atoms with van der Waals surface area (Å²) < 4.78 is 1.72. The van der Waals surface area contributed by atoms with Crippen molar-refractivity contribution >= 4 is 10.9 Å². The van der Waals surface area contributed by atoms with E-state index in [1.165, 1.54) is 19.3 Å². The van der Waals surface area contributed by atoms with Gasteiger partial charge in [-0.15, -0.1) is 0 Å². The third kappa shape index (κ3) is 2.03. The van der Waals surface area contributed by atoms with Gasteiger partial charge in [-0.25, -0.2) is 4.68 Å². The minimum atomic E-state index is -0.264. The molecule has 1 unspecified atom stereocenters. The summed E-state index contributed by atoms with van der Waals surface area (Å²) in [6.07, 6.45) is 8.93. The fourth-order valence-corrected chi connectivity index (χ4v) is 3.02. The van der Waals surface area contributed by atoms with Gasteiger partial charge >= 0.3 is 0 Å². The first-order valence-electron chi connectivity index (χ1n) is 6.76. The summed E-state index contributed by atoms with van der Waals surface area (Å²) in [5, 5.41) is 14.3. The van der Waals surface area contributed by atoms with Crippen molar-refractivity contribution < 1.29 is 0 Å². The van der Waals surface area contributed by atoms with Gasteiger partial charge in [-0.1, -0.05) is 19.3 Å². The highest BCUT2D eigenvalue weighted by Crippen LogP contribution is 2.33. The zero-order chi connectivity index (χ0) is 13.2. The molecular formula is C14H16N4O. The van der Waals surface area contributed by atoms with Crippen LogP contribution < -0.4 is 5.56 Å². The molecule has 0 amide bonds. The Hall–Kier alpha value is -2.09. The van der Waals surface area contributed by atoms with Gasteiger partial charge in [0.2, 0.25) is 0 Å². The number of nitrogens with one attached hydrogen (secondary N) is 1. The van der Waals surface area contributed by atoms with E-state index in [2.05, 4.69) is 16.2 Å². The molecule has 0 radical (unpaired) electrons. The van der Waals surface area contributed by atoms with Gasteiger partial charge in [0.15, 0.2) is 0 Å². The van der Waals surface area contributed by atoms with Gasteiger partial charge in [0.25, 0.3) is 5.56 Å². The van der Waals surface area contributed by atoms with Gasteiger partial charge < -0.3 is 4.98 Å². The maximum absolute atomic E-state index is 11.7. The molecular weight excluding hydrogens is 240 g/mol. The number of nitrogens with zero attached hydrogens (tertiary/aromatic N) is 3. The lowest BCUT2D eigenvalue weighted by Gasteiger charge is -2.26. The van der Waals surface area contributed by atoms with Crippen LogP contribution in [0.25, 0.3) is 10.9 Å². The van der Waals surface area contributed by atoms with Crippen molar-refractivity contribution in [3.8, 4) is 6.07 Å². The molecule has 19 heavy (non-hydrogen) atoms. The van der Waals surface area contributed by atoms with E-state index in [1.807, 2.05) is 6.07 Å². The molecule has 1 fully saturated rings. The Bertz CT molecular complexity index is 673. The van der Waals surface area contributed by atoms with Crippen molar-refractivity contribution in [2.24, 2.45) is 5.92 Å². The molecule has 0 bridgehead atoms. The van der Waals surface area contributed by atoms with E-state index in [0.29, 0.717) is 11.3 Å². The van der Waals surface area contributed by atoms with Crippen molar-refractivity contribution in [1.29, 1.82) is 5.26 Å². The third-order valence-corrected chi connectivity index (χ3v) is 4.03. The number of fused-ring (bicyclic) bond motifs is 1. The quantitative estimate of drug-likeness (QED) is 0.896. The van der Waals surface area contributed by atoms with Crippen LogP contribution in [0.15, 0.2) is 23.3 Å². The Labute approximate surface area is 110 Å². The van der Waals surface area contributed by atoms with Crippen LogP contribution in [-0.4, -0.2) is 14.8 Å². The zero-order valence-corrected chi connectivity index (χ0v) is 10.7. The van der Waals surface area contributed by atoms with Gasteiger partial charge in [0.05, 0.1) is 23.2 Å². The van der Waals surface area contributed by atoms with Crippen LogP contribution in [0.2, 0.25) is 0 Å². The zero-order valence-electron chi connectivity index (χ0n) is 10.7.